The lowest BCUT2D eigenvalue weighted by Crippen LogP contribution is -2.28. The van der Waals surface area contributed by atoms with Crippen LogP contribution in [0.2, 0.25) is 0 Å². The zero-order valence-electron chi connectivity index (χ0n) is 17.8. The molecule has 1 aliphatic carbocycles. The Kier molecular flexibility index (Phi) is 4.35. The Hall–Kier alpha value is -5.03. The fourth-order valence-corrected chi connectivity index (χ4v) is 4.58. The molecule has 6 rings (SSSR count). The van der Waals surface area contributed by atoms with Crippen molar-refractivity contribution in [3.05, 3.63) is 95.4 Å². The van der Waals surface area contributed by atoms with Crippen molar-refractivity contribution >= 4 is 22.8 Å². The highest BCUT2D eigenvalue weighted by Gasteiger charge is 2.32. The summed E-state index contributed by atoms with van der Waals surface area (Å²) < 4.78 is 0. The van der Waals surface area contributed by atoms with Gasteiger partial charge >= 0.3 is 0 Å². The molecule has 3 aromatic heterocycles. The summed E-state index contributed by atoms with van der Waals surface area (Å²) >= 11 is 0. The van der Waals surface area contributed by atoms with Gasteiger partial charge in [-0.25, -0.2) is 15.0 Å². The number of nitrogen functional groups attached to an aromatic ring is 1. The number of fused-ring (bicyclic) bond motifs is 4. The Morgan fingerprint density at radius 1 is 1.03 bits per heavy atom. The second-order valence-corrected chi connectivity index (χ2v) is 7.97. The van der Waals surface area contributed by atoms with Gasteiger partial charge in [-0.05, 0) is 34.4 Å². The number of rotatable bonds is 3. The van der Waals surface area contributed by atoms with Crippen molar-refractivity contribution in [2.24, 2.45) is 0 Å². The Balaban J connectivity index is 1.47. The van der Waals surface area contributed by atoms with Crippen LogP contribution in [0.25, 0.3) is 33.5 Å². The number of aromatic nitrogens is 4. The minimum Gasteiger partial charge on any atom is -0.382 e. The van der Waals surface area contributed by atoms with Crippen LogP contribution in [-0.2, 0) is 0 Å². The molecule has 0 fully saturated rings. The maximum absolute atomic E-state index is 13.4. The normalized spacial score (nSPS) is 13.8. The number of amides is 1. The van der Waals surface area contributed by atoms with E-state index in [4.69, 9.17) is 5.73 Å². The van der Waals surface area contributed by atoms with Crippen LogP contribution < -0.4 is 11.1 Å². The van der Waals surface area contributed by atoms with Gasteiger partial charge in [-0.2, -0.15) is 5.26 Å². The molecule has 0 saturated carbocycles. The third-order valence-corrected chi connectivity index (χ3v) is 6.11. The molecule has 34 heavy (non-hydrogen) atoms. The van der Waals surface area contributed by atoms with Crippen LogP contribution in [0.3, 0.4) is 0 Å². The molecule has 0 spiro atoms. The Bertz CT molecular complexity index is 1650. The van der Waals surface area contributed by atoms with Crippen LogP contribution in [-0.4, -0.2) is 25.8 Å². The second-order valence-electron chi connectivity index (χ2n) is 7.97. The molecule has 4 N–H and O–H groups in total. The molecule has 2 aromatic carbocycles. The minimum absolute atomic E-state index is 0.134. The van der Waals surface area contributed by atoms with E-state index in [9.17, 15) is 10.1 Å². The first-order valence-corrected chi connectivity index (χ1v) is 10.6. The zero-order valence-corrected chi connectivity index (χ0v) is 17.8. The number of nitrogens with two attached hydrogens (primary N) is 1. The van der Waals surface area contributed by atoms with Gasteiger partial charge < -0.3 is 16.0 Å². The largest absolute Gasteiger partial charge is 0.382 e. The first kappa shape index (κ1) is 19.6. The number of nitrogens with one attached hydrogen (secondary N) is 2. The molecule has 3 heterocycles. The lowest BCUT2D eigenvalue weighted by molar-refractivity contribution is 0.0945. The molecule has 1 atom stereocenters. The summed E-state index contributed by atoms with van der Waals surface area (Å²) in [4.78, 5) is 29.4. The van der Waals surface area contributed by atoms with Crippen LogP contribution >= 0.6 is 0 Å². The smallest absolute Gasteiger partial charge is 0.252 e. The fourth-order valence-electron chi connectivity index (χ4n) is 4.58. The molecule has 162 valence electrons. The van der Waals surface area contributed by atoms with E-state index < -0.39 is 0 Å². The Morgan fingerprint density at radius 3 is 2.71 bits per heavy atom. The van der Waals surface area contributed by atoms with Gasteiger partial charge in [0, 0.05) is 23.3 Å². The number of hydrogen-bond acceptors (Lipinski definition) is 6. The highest BCUT2D eigenvalue weighted by molar-refractivity contribution is 6.06. The maximum atomic E-state index is 13.4. The molecular weight excluding hydrogens is 426 g/mol. The molecule has 1 unspecified atom stereocenters. The van der Waals surface area contributed by atoms with Gasteiger partial charge in [0.2, 0.25) is 0 Å². The Morgan fingerprint density at radius 2 is 1.85 bits per heavy atom. The van der Waals surface area contributed by atoms with Crippen molar-refractivity contribution in [2.75, 3.05) is 5.73 Å². The number of aromatic amines is 1. The van der Waals surface area contributed by atoms with Crippen LogP contribution in [0.5, 0.6) is 0 Å². The number of nitriles is 1. The van der Waals surface area contributed by atoms with Crippen molar-refractivity contribution in [2.45, 2.75) is 6.04 Å². The summed E-state index contributed by atoms with van der Waals surface area (Å²) in [6.45, 7) is 0. The van der Waals surface area contributed by atoms with E-state index in [-0.39, 0.29) is 23.3 Å². The molecule has 0 radical (unpaired) electrons. The molecule has 0 saturated heterocycles. The molecule has 8 heteroatoms. The van der Waals surface area contributed by atoms with Crippen molar-refractivity contribution in [3.63, 3.8) is 0 Å². The predicted octanol–water partition coefficient (Wildman–Crippen LogP) is 3.97. The molecule has 1 aliphatic rings. The number of pyridine rings is 1. The fraction of sp³-hybridized carbons (Fsp3) is 0.0385. The first-order valence-electron chi connectivity index (χ1n) is 10.6. The van der Waals surface area contributed by atoms with E-state index in [0.29, 0.717) is 17.0 Å². The highest BCUT2D eigenvalue weighted by Crippen LogP contribution is 2.47. The van der Waals surface area contributed by atoms with E-state index >= 15 is 0 Å². The number of benzene rings is 2. The summed E-state index contributed by atoms with van der Waals surface area (Å²) in [5, 5.41) is 13.1. The van der Waals surface area contributed by atoms with E-state index in [1.807, 2.05) is 54.6 Å². The van der Waals surface area contributed by atoms with Gasteiger partial charge in [0.25, 0.3) is 5.91 Å². The van der Waals surface area contributed by atoms with Crippen LogP contribution in [0, 0.1) is 11.3 Å². The lowest BCUT2D eigenvalue weighted by atomic mass is 9.98. The summed E-state index contributed by atoms with van der Waals surface area (Å²) in [5.41, 5.74) is 12.1. The average molecular weight is 443 g/mol. The molecule has 0 aliphatic heterocycles. The number of anilines is 1. The van der Waals surface area contributed by atoms with E-state index in [0.717, 1.165) is 33.2 Å². The second kappa shape index (κ2) is 7.53. The summed E-state index contributed by atoms with van der Waals surface area (Å²) in [7, 11) is 0. The number of nitrogens with zero attached hydrogens (tertiary/aromatic N) is 4. The zero-order chi connectivity index (χ0) is 23.2. The molecule has 5 aromatic rings. The van der Waals surface area contributed by atoms with Crippen molar-refractivity contribution in [1.29, 1.82) is 5.26 Å². The number of carbonyl (C=O) groups excluding carboxylic acids is 1. The van der Waals surface area contributed by atoms with Crippen molar-refractivity contribution in [3.8, 4) is 28.6 Å². The minimum atomic E-state index is -0.350. The van der Waals surface area contributed by atoms with E-state index in [2.05, 4.69) is 25.3 Å². The molecular formula is C26H17N7O. The Labute approximate surface area is 194 Å². The van der Waals surface area contributed by atoms with Crippen molar-refractivity contribution < 1.29 is 4.79 Å². The maximum Gasteiger partial charge on any atom is 0.252 e. The molecule has 0 bridgehead atoms. The highest BCUT2D eigenvalue weighted by atomic mass is 16.1. The van der Waals surface area contributed by atoms with Crippen LogP contribution in [0.15, 0.2) is 73.2 Å². The summed E-state index contributed by atoms with van der Waals surface area (Å²) in [5.74, 6) is 0.372. The van der Waals surface area contributed by atoms with E-state index in [1.54, 1.807) is 18.5 Å². The SMILES string of the molecule is N#Cc1cnc(-c2cccc3c2-c2ccccc2C3NC(=O)c2ccnc3[nH]ccc23)nc1N. The lowest BCUT2D eigenvalue weighted by Gasteiger charge is -2.17. The molecule has 1 amide bonds. The summed E-state index contributed by atoms with van der Waals surface area (Å²) in [6.07, 6.45) is 4.82. The molecule has 8 nitrogen and oxygen atoms in total. The van der Waals surface area contributed by atoms with Gasteiger partial charge in [0.05, 0.1) is 17.8 Å². The first-order chi connectivity index (χ1) is 16.7. The number of hydrogen-bond donors (Lipinski definition) is 3. The van der Waals surface area contributed by atoms with Gasteiger partial charge in [0.15, 0.2) is 5.82 Å². The van der Waals surface area contributed by atoms with Crippen molar-refractivity contribution in [1.82, 2.24) is 25.3 Å². The third-order valence-electron chi connectivity index (χ3n) is 6.11. The predicted molar refractivity (Wildman–Crippen MR) is 127 cm³/mol. The van der Waals surface area contributed by atoms with Gasteiger partial charge in [0.1, 0.15) is 23.1 Å². The van der Waals surface area contributed by atoms with Crippen LogP contribution in [0.4, 0.5) is 5.82 Å². The average Bonchev–Trinajstić information content (AvgIpc) is 3.47. The third kappa shape index (κ3) is 2.92. The topological polar surface area (TPSA) is 133 Å². The van der Waals surface area contributed by atoms with Gasteiger partial charge in [-0.15, -0.1) is 0 Å². The van der Waals surface area contributed by atoms with Gasteiger partial charge in [-0.3, -0.25) is 4.79 Å². The van der Waals surface area contributed by atoms with Gasteiger partial charge in [-0.1, -0.05) is 42.5 Å². The van der Waals surface area contributed by atoms with E-state index in [1.165, 1.54) is 6.20 Å². The number of H-pyrrole nitrogens is 1. The standard InChI is InChI=1S/C26H17N7O/c27-12-14-13-31-25(33-23(14)28)20-7-3-6-19-21(20)15-4-1-2-5-16(15)22(19)32-26(34)18-9-11-30-24-17(18)8-10-29-24/h1-11,13,22H,(H,29,30)(H,32,34)(H2,28,31,33). The monoisotopic (exact) mass is 443 g/mol. The number of carbonyl (C=O) groups is 1. The quantitative estimate of drug-likeness (QED) is 0.386. The van der Waals surface area contributed by atoms with Crippen LogP contribution in [0.1, 0.15) is 33.1 Å². The summed E-state index contributed by atoms with van der Waals surface area (Å²) in [6, 6.07) is 19.0.